The third-order valence-corrected chi connectivity index (χ3v) is 6.73. The molecule has 0 radical (unpaired) electrons. The summed E-state index contributed by atoms with van der Waals surface area (Å²) in [4.78, 5) is 42.5. The number of rotatable bonds is 7. The Kier molecular flexibility index (Phi) is 7.46. The summed E-state index contributed by atoms with van der Waals surface area (Å²) in [6.45, 7) is 0.500. The van der Waals surface area contributed by atoms with E-state index in [0.29, 0.717) is 18.5 Å². The van der Waals surface area contributed by atoms with E-state index in [1.54, 1.807) is 35.8 Å². The normalized spacial score (nSPS) is 19.9. The van der Waals surface area contributed by atoms with Gasteiger partial charge in [0.25, 0.3) is 11.5 Å². The van der Waals surface area contributed by atoms with Gasteiger partial charge in [-0.15, -0.1) is 0 Å². The van der Waals surface area contributed by atoms with Gasteiger partial charge in [-0.3, -0.25) is 19.3 Å². The maximum Gasteiger partial charge on any atom is 0.252 e. The highest BCUT2D eigenvalue weighted by molar-refractivity contribution is 5.93. The lowest BCUT2D eigenvalue weighted by Gasteiger charge is -2.29. The van der Waals surface area contributed by atoms with Gasteiger partial charge in [0.2, 0.25) is 5.91 Å². The van der Waals surface area contributed by atoms with Crippen molar-refractivity contribution in [2.24, 2.45) is 0 Å². The summed E-state index contributed by atoms with van der Waals surface area (Å²) in [6.07, 6.45) is 2.84. The van der Waals surface area contributed by atoms with Crippen LogP contribution in [0, 0.1) is 0 Å². The molecule has 4 rings (SSSR count). The predicted octanol–water partition coefficient (Wildman–Crippen LogP) is 2.90. The topological polar surface area (TPSA) is 74.6 Å². The number of amides is 2. The van der Waals surface area contributed by atoms with E-state index in [1.165, 1.54) is 6.07 Å². The molecule has 35 heavy (non-hydrogen) atoms. The number of hydrogen-bond acceptors (Lipinski definition) is 4. The van der Waals surface area contributed by atoms with E-state index < -0.39 is 0 Å². The zero-order chi connectivity index (χ0) is 24.9. The van der Waals surface area contributed by atoms with Crippen molar-refractivity contribution in [1.82, 2.24) is 19.7 Å². The van der Waals surface area contributed by atoms with Gasteiger partial charge in [-0.05, 0) is 37.1 Å². The largest absolute Gasteiger partial charge is 0.352 e. The Morgan fingerprint density at radius 1 is 0.971 bits per heavy atom. The average molecular weight is 473 g/mol. The highest BCUT2D eigenvalue weighted by atomic mass is 16.2. The number of nitrogens with one attached hydrogen (secondary N) is 1. The molecule has 2 amide bonds. The molecule has 2 heterocycles. The van der Waals surface area contributed by atoms with Gasteiger partial charge in [0.1, 0.15) is 0 Å². The zero-order valence-corrected chi connectivity index (χ0v) is 20.4. The van der Waals surface area contributed by atoms with Crippen LogP contribution in [0.1, 0.15) is 40.0 Å². The summed E-state index contributed by atoms with van der Waals surface area (Å²) >= 11 is 0. The first-order valence-electron chi connectivity index (χ1n) is 11.9. The molecule has 3 atom stereocenters. The summed E-state index contributed by atoms with van der Waals surface area (Å²) in [7, 11) is 5.41. The molecule has 7 heteroatoms. The molecule has 1 aliphatic rings. The lowest BCUT2D eigenvalue weighted by Crippen LogP contribution is -2.41. The van der Waals surface area contributed by atoms with Crippen LogP contribution in [0.5, 0.6) is 0 Å². The standard InChI is InChI=1S/C28H32N4O3/c1-30(2)28(35)24-18-23(26(31(24)3)21-12-8-5-9-13-21)32-19-22(14-15-25(32)33)27(34)29-17-16-20-10-6-4-7-11-20/h4-15,19,23-24,26H,16-18H2,1-3H3,(H,29,34)/t23-,24+,26+/m1/s1. The molecule has 1 aliphatic heterocycles. The Balaban J connectivity index is 1.60. The maximum atomic E-state index is 13.0. The first-order chi connectivity index (χ1) is 16.9. The average Bonchev–Trinajstić information content (AvgIpc) is 3.21. The number of nitrogens with zero attached hydrogens (tertiary/aromatic N) is 3. The number of carbonyl (C=O) groups excluding carboxylic acids is 2. The number of benzene rings is 2. The van der Waals surface area contributed by atoms with E-state index in [1.807, 2.05) is 72.6 Å². The Morgan fingerprint density at radius 3 is 2.29 bits per heavy atom. The second-order valence-electron chi connectivity index (χ2n) is 9.23. The Hall–Kier alpha value is -3.71. The molecule has 1 saturated heterocycles. The van der Waals surface area contributed by atoms with Crippen LogP contribution < -0.4 is 10.9 Å². The molecular formula is C28H32N4O3. The molecule has 3 aromatic rings. The van der Waals surface area contributed by atoms with E-state index in [4.69, 9.17) is 0 Å². The van der Waals surface area contributed by atoms with Crippen molar-refractivity contribution in [2.45, 2.75) is 31.0 Å². The van der Waals surface area contributed by atoms with Crippen LogP contribution in [0.2, 0.25) is 0 Å². The van der Waals surface area contributed by atoms with Crippen LogP contribution in [0.3, 0.4) is 0 Å². The van der Waals surface area contributed by atoms with E-state index in [-0.39, 0.29) is 35.5 Å². The molecule has 0 aliphatic carbocycles. The van der Waals surface area contributed by atoms with E-state index in [2.05, 4.69) is 5.32 Å². The van der Waals surface area contributed by atoms with Crippen LogP contribution >= 0.6 is 0 Å². The second-order valence-corrected chi connectivity index (χ2v) is 9.23. The van der Waals surface area contributed by atoms with Crippen LogP contribution in [0.15, 0.2) is 83.8 Å². The summed E-state index contributed by atoms with van der Waals surface area (Å²) in [5, 5.41) is 2.95. The van der Waals surface area contributed by atoms with Gasteiger partial charge in [0.15, 0.2) is 0 Å². The third-order valence-electron chi connectivity index (χ3n) is 6.73. The predicted molar refractivity (Wildman–Crippen MR) is 136 cm³/mol. The van der Waals surface area contributed by atoms with Gasteiger partial charge in [-0.2, -0.15) is 0 Å². The zero-order valence-electron chi connectivity index (χ0n) is 20.4. The van der Waals surface area contributed by atoms with Gasteiger partial charge >= 0.3 is 0 Å². The number of pyridine rings is 1. The van der Waals surface area contributed by atoms with Crippen molar-refractivity contribution in [1.29, 1.82) is 0 Å². The molecule has 1 N–H and O–H groups in total. The number of likely N-dealkylation sites (N-methyl/N-ethyl adjacent to an activating group) is 2. The Labute approximate surface area is 206 Å². The highest BCUT2D eigenvalue weighted by Gasteiger charge is 2.44. The van der Waals surface area contributed by atoms with Crippen molar-refractivity contribution in [2.75, 3.05) is 27.7 Å². The minimum Gasteiger partial charge on any atom is -0.352 e. The van der Waals surface area contributed by atoms with Crippen molar-refractivity contribution in [3.63, 3.8) is 0 Å². The van der Waals surface area contributed by atoms with Gasteiger partial charge in [0, 0.05) is 32.9 Å². The lowest BCUT2D eigenvalue weighted by molar-refractivity contribution is -0.133. The monoisotopic (exact) mass is 472 g/mol. The molecule has 182 valence electrons. The Morgan fingerprint density at radius 2 is 1.63 bits per heavy atom. The molecule has 0 unspecified atom stereocenters. The van der Waals surface area contributed by atoms with Crippen LogP contribution in [-0.4, -0.2) is 59.9 Å². The first-order valence-corrected chi connectivity index (χ1v) is 11.9. The summed E-state index contributed by atoms with van der Waals surface area (Å²) in [6, 6.07) is 22.0. The van der Waals surface area contributed by atoms with Gasteiger partial charge in [-0.1, -0.05) is 60.7 Å². The number of likely N-dealkylation sites (tertiary alicyclic amines) is 1. The maximum absolute atomic E-state index is 13.0. The van der Waals surface area contributed by atoms with Gasteiger partial charge in [0.05, 0.1) is 23.7 Å². The van der Waals surface area contributed by atoms with Crippen molar-refractivity contribution < 1.29 is 9.59 Å². The fraction of sp³-hybridized carbons (Fsp3) is 0.321. The van der Waals surface area contributed by atoms with E-state index >= 15 is 0 Å². The molecular weight excluding hydrogens is 440 g/mol. The molecule has 2 aromatic carbocycles. The Bertz CT molecular complexity index is 1220. The molecule has 0 saturated carbocycles. The van der Waals surface area contributed by atoms with E-state index in [9.17, 15) is 14.4 Å². The fourth-order valence-electron chi connectivity index (χ4n) is 4.90. The van der Waals surface area contributed by atoms with E-state index in [0.717, 1.165) is 17.5 Å². The number of carbonyl (C=O) groups is 2. The van der Waals surface area contributed by atoms with Gasteiger partial charge in [-0.25, -0.2) is 0 Å². The minimum absolute atomic E-state index is 0.00112. The number of aromatic nitrogens is 1. The van der Waals surface area contributed by atoms with Crippen LogP contribution in [-0.2, 0) is 11.2 Å². The SMILES string of the molecule is CN(C)C(=O)[C@@H]1C[C@@H](n2cc(C(=O)NCCc3ccccc3)ccc2=O)[C@H](c2ccccc2)N1C. The van der Waals surface area contributed by atoms with Gasteiger partial charge < -0.3 is 14.8 Å². The third kappa shape index (κ3) is 5.35. The highest BCUT2D eigenvalue weighted by Crippen LogP contribution is 2.42. The summed E-state index contributed by atoms with van der Waals surface area (Å²) < 4.78 is 1.63. The van der Waals surface area contributed by atoms with Crippen molar-refractivity contribution in [3.05, 3.63) is 106 Å². The first kappa shape index (κ1) is 24.4. The molecule has 0 bridgehead atoms. The summed E-state index contributed by atoms with van der Waals surface area (Å²) in [5.74, 6) is -0.225. The molecule has 1 fully saturated rings. The fourth-order valence-corrected chi connectivity index (χ4v) is 4.90. The molecule has 7 nitrogen and oxygen atoms in total. The van der Waals surface area contributed by atoms with Crippen molar-refractivity contribution >= 4 is 11.8 Å². The van der Waals surface area contributed by atoms with Crippen LogP contribution in [0.25, 0.3) is 0 Å². The molecule has 0 spiro atoms. The summed E-state index contributed by atoms with van der Waals surface area (Å²) in [5.41, 5.74) is 2.41. The lowest BCUT2D eigenvalue weighted by atomic mass is 9.99. The second kappa shape index (κ2) is 10.7. The quantitative estimate of drug-likeness (QED) is 0.574. The van der Waals surface area contributed by atoms with Crippen LogP contribution in [0.4, 0.5) is 0 Å². The number of hydrogen-bond donors (Lipinski definition) is 1. The molecule has 1 aromatic heterocycles. The minimum atomic E-state index is -0.365. The smallest absolute Gasteiger partial charge is 0.252 e. The van der Waals surface area contributed by atoms with Crippen molar-refractivity contribution in [3.8, 4) is 0 Å².